The molecule has 3 rings (SSSR count). The zero-order chi connectivity index (χ0) is 23.3. The van der Waals surface area contributed by atoms with Crippen molar-refractivity contribution < 1.29 is 28.6 Å². The zero-order valence-electron chi connectivity index (χ0n) is 18.1. The fraction of sp³-hybridized carbons (Fsp3) is 0.292. The van der Waals surface area contributed by atoms with Crippen molar-refractivity contribution in [3.8, 4) is 11.4 Å². The minimum absolute atomic E-state index is 0.0109. The van der Waals surface area contributed by atoms with E-state index in [9.17, 15) is 19.1 Å². The van der Waals surface area contributed by atoms with Crippen LogP contribution < -0.4 is 0 Å². The van der Waals surface area contributed by atoms with E-state index in [0.29, 0.717) is 17.2 Å². The van der Waals surface area contributed by atoms with E-state index in [1.54, 1.807) is 6.92 Å². The van der Waals surface area contributed by atoms with Crippen LogP contribution in [0.5, 0.6) is 5.75 Å². The van der Waals surface area contributed by atoms with Crippen LogP contribution in [-0.2, 0) is 20.7 Å². The molecule has 1 aromatic heterocycles. The first kappa shape index (κ1) is 23.0. The summed E-state index contributed by atoms with van der Waals surface area (Å²) in [6.07, 6.45) is 0.00586. The minimum Gasteiger partial charge on any atom is -0.504 e. The molecule has 7 nitrogen and oxygen atoms in total. The lowest BCUT2D eigenvalue weighted by Gasteiger charge is -2.16. The van der Waals surface area contributed by atoms with Crippen molar-refractivity contribution in [3.63, 3.8) is 0 Å². The van der Waals surface area contributed by atoms with Gasteiger partial charge in [0.1, 0.15) is 5.82 Å². The van der Waals surface area contributed by atoms with Crippen LogP contribution in [0.4, 0.5) is 4.39 Å². The third-order valence-electron chi connectivity index (χ3n) is 4.85. The van der Waals surface area contributed by atoms with Crippen molar-refractivity contribution in [2.24, 2.45) is 0 Å². The summed E-state index contributed by atoms with van der Waals surface area (Å²) in [7, 11) is 0. The summed E-state index contributed by atoms with van der Waals surface area (Å²) in [5, 5.41) is 14.4. The third-order valence-corrected chi connectivity index (χ3v) is 4.85. The Balaban J connectivity index is 1.79. The van der Waals surface area contributed by atoms with Gasteiger partial charge in [0.05, 0.1) is 18.5 Å². The predicted octanol–water partition coefficient (Wildman–Crippen LogP) is 4.17. The molecule has 0 fully saturated rings. The second-order valence-corrected chi connectivity index (χ2v) is 7.53. The van der Waals surface area contributed by atoms with Gasteiger partial charge in [0, 0.05) is 6.42 Å². The number of nitrogens with zero attached hydrogens (tertiary/aromatic N) is 2. The van der Waals surface area contributed by atoms with E-state index >= 15 is 0 Å². The number of hydrogen-bond donors (Lipinski definition) is 1. The number of esters is 2. The number of carbonyl (C=O) groups is 2. The molecule has 1 heterocycles. The van der Waals surface area contributed by atoms with Gasteiger partial charge in [-0.15, -0.1) is 0 Å². The molecule has 0 aliphatic heterocycles. The van der Waals surface area contributed by atoms with Gasteiger partial charge < -0.3 is 14.6 Å². The van der Waals surface area contributed by atoms with Gasteiger partial charge in [-0.2, -0.15) is 5.10 Å². The van der Waals surface area contributed by atoms with E-state index in [2.05, 4.69) is 18.9 Å². The first-order valence-electron chi connectivity index (χ1n) is 10.3. The van der Waals surface area contributed by atoms with Crippen molar-refractivity contribution in [2.75, 3.05) is 6.61 Å². The molecule has 0 saturated heterocycles. The second kappa shape index (κ2) is 10.1. The number of halogens is 1. The summed E-state index contributed by atoms with van der Waals surface area (Å²) in [6.45, 7) is 5.89. The highest BCUT2D eigenvalue weighted by atomic mass is 19.1. The molecule has 1 unspecified atom stereocenters. The lowest BCUT2D eigenvalue weighted by Crippen LogP contribution is -2.31. The van der Waals surface area contributed by atoms with Gasteiger partial charge in [-0.25, -0.2) is 18.7 Å². The molecule has 8 heteroatoms. The standard InChI is InChI=1S/C24H25FN2O5/c1-4-31-23(29)21(13-16-5-9-18(25)10-6-16)32-24(30)22-20(28)14-27(26-22)19-11-7-17(8-12-19)15(2)3/h5-12,14-15,21,28H,4,13H2,1-3H3. The van der Waals surface area contributed by atoms with Crippen LogP contribution in [0.3, 0.4) is 0 Å². The van der Waals surface area contributed by atoms with E-state index in [4.69, 9.17) is 9.47 Å². The highest BCUT2D eigenvalue weighted by Gasteiger charge is 2.28. The molecular formula is C24H25FN2O5. The number of aromatic nitrogens is 2. The van der Waals surface area contributed by atoms with E-state index in [1.807, 2.05) is 24.3 Å². The maximum atomic E-state index is 13.2. The SMILES string of the molecule is CCOC(=O)C(Cc1ccc(F)cc1)OC(=O)c1nn(-c2ccc(C(C)C)cc2)cc1O. The highest BCUT2D eigenvalue weighted by molar-refractivity contribution is 5.92. The minimum atomic E-state index is -1.28. The largest absolute Gasteiger partial charge is 0.504 e. The van der Waals surface area contributed by atoms with Crippen molar-refractivity contribution in [2.45, 2.75) is 39.2 Å². The molecule has 0 aliphatic carbocycles. The van der Waals surface area contributed by atoms with Crippen molar-refractivity contribution in [1.29, 1.82) is 0 Å². The Bertz CT molecular complexity index is 1070. The van der Waals surface area contributed by atoms with Gasteiger partial charge >= 0.3 is 11.9 Å². The fourth-order valence-electron chi connectivity index (χ4n) is 3.08. The van der Waals surface area contributed by atoms with Crippen molar-refractivity contribution in [3.05, 3.63) is 77.4 Å². The Morgan fingerprint density at radius 1 is 1.09 bits per heavy atom. The summed E-state index contributed by atoms with van der Waals surface area (Å²) in [4.78, 5) is 25.0. The monoisotopic (exact) mass is 440 g/mol. The fourth-order valence-corrected chi connectivity index (χ4v) is 3.08. The summed E-state index contributed by atoms with van der Waals surface area (Å²) in [5.41, 5.74) is 2.04. The van der Waals surface area contributed by atoms with Crippen molar-refractivity contribution >= 4 is 11.9 Å². The van der Waals surface area contributed by atoms with E-state index in [1.165, 1.54) is 35.1 Å². The first-order valence-corrected chi connectivity index (χ1v) is 10.3. The topological polar surface area (TPSA) is 90.7 Å². The lowest BCUT2D eigenvalue weighted by atomic mass is 10.0. The van der Waals surface area contributed by atoms with Crippen LogP contribution in [0.2, 0.25) is 0 Å². The van der Waals surface area contributed by atoms with Crippen LogP contribution in [0.1, 0.15) is 48.3 Å². The van der Waals surface area contributed by atoms with E-state index < -0.39 is 23.9 Å². The van der Waals surface area contributed by atoms with Gasteiger partial charge in [-0.1, -0.05) is 38.1 Å². The molecular weight excluding hydrogens is 415 g/mol. The predicted molar refractivity (Wildman–Crippen MR) is 115 cm³/mol. The zero-order valence-corrected chi connectivity index (χ0v) is 18.1. The number of aromatic hydroxyl groups is 1. The molecule has 168 valence electrons. The maximum Gasteiger partial charge on any atom is 0.363 e. The average Bonchev–Trinajstić information content (AvgIpc) is 3.16. The highest BCUT2D eigenvalue weighted by Crippen LogP contribution is 2.22. The summed E-state index contributed by atoms with van der Waals surface area (Å²) >= 11 is 0. The molecule has 2 aromatic carbocycles. The van der Waals surface area contributed by atoms with E-state index in [-0.39, 0.29) is 24.5 Å². The maximum absolute atomic E-state index is 13.2. The Kier molecular flexibility index (Phi) is 7.25. The normalized spacial score (nSPS) is 11.9. The van der Waals surface area contributed by atoms with Crippen LogP contribution in [0.15, 0.2) is 54.7 Å². The summed E-state index contributed by atoms with van der Waals surface area (Å²) < 4.78 is 24.8. The third kappa shape index (κ3) is 5.51. The Morgan fingerprint density at radius 2 is 1.75 bits per heavy atom. The van der Waals surface area contributed by atoms with Gasteiger partial charge in [0.2, 0.25) is 11.8 Å². The number of rotatable bonds is 8. The Labute approximate surface area is 185 Å². The number of ether oxygens (including phenoxy) is 2. The van der Waals surface area contributed by atoms with Gasteiger partial charge in [-0.05, 0) is 48.2 Å². The molecule has 32 heavy (non-hydrogen) atoms. The molecule has 1 N–H and O–H groups in total. The van der Waals surface area contributed by atoms with Gasteiger partial charge in [0.25, 0.3) is 0 Å². The Hall–Kier alpha value is -3.68. The van der Waals surface area contributed by atoms with Crippen LogP contribution in [0.25, 0.3) is 5.69 Å². The van der Waals surface area contributed by atoms with Crippen LogP contribution in [-0.4, -0.2) is 39.5 Å². The van der Waals surface area contributed by atoms with Crippen molar-refractivity contribution in [1.82, 2.24) is 9.78 Å². The quantitative estimate of drug-likeness (QED) is 0.529. The number of carbonyl (C=O) groups excluding carboxylic acids is 2. The molecule has 3 aromatic rings. The summed E-state index contributed by atoms with van der Waals surface area (Å²) in [6, 6.07) is 13.0. The molecule has 0 spiro atoms. The average molecular weight is 440 g/mol. The van der Waals surface area contributed by atoms with Gasteiger partial charge in [-0.3, -0.25) is 0 Å². The molecule has 0 amide bonds. The van der Waals surface area contributed by atoms with E-state index in [0.717, 1.165) is 5.56 Å². The molecule has 0 radical (unpaired) electrons. The Morgan fingerprint density at radius 3 is 2.34 bits per heavy atom. The number of hydrogen-bond acceptors (Lipinski definition) is 6. The van der Waals surface area contributed by atoms with Crippen LogP contribution >= 0.6 is 0 Å². The summed E-state index contributed by atoms with van der Waals surface area (Å²) in [5.74, 6) is -2.15. The second-order valence-electron chi connectivity index (χ2n) is 7.53. The first-order chi connectivity index (χ1) is 15.3. The smallest absolute Gasteiger partial charge is 0.363 e. The van der Waals surface area contributed by atoms with Gasteiger partial charge in [0.15, 0.2) is 5.75 Å². The lowest BCUT2D eigenvalue weighted by molar-refractivity contribution is -0.153. The molecule has 0 saturated carbocycles. The number of benzene rings is 2. The molecule has 1 atom stereocenters. The van der Waals surface area contributed by atoms with Crippen LogP contribution in [0, 0.1) is 5.82 Å². The molecule has 0 bridgehead atoms. The molecule has 0 aliphatic rings.